The second-order valence-corrected chi connectivity index (χ2v) is 10.6. The van der Waals surface area contributed by atoms with Crippen molar-refractivity contribution in [3.63, 3.8) is 0 Å². The highest BCUT2D eigenvalue weighted by Gasteiger charge is 2.26. The maximum atomic E-state index is 13.6. The van der Waals surface area contributed by atoms with Crippen molar-refractivity contribution in [1.82, 2.24) is 25.1 Å². The van der Waals surface area contributed by atoms with Crippen molar-refractivity contribution in [3.8, 4) is 11.8 Å². The van der Waals surface area contributed by atoms with Gasteiger partial charge in [0.1, 0.15) is 17.7 Å². The Morgan fingerprint density at radius 1 is 1.26 bits per heavy atom. The molecule has 1 aliphatic carbocycles. The lowest BCUT2D eigenvalue weighted by Crippen LogP contribution is -2.49. The monoisotopic (exact) mass is 579 g/mol. The van der Waals surface area contributed by atoms with Crippen LogP contribution < -0.4 is 16.0 Å². The topological polar surface area (TPSA) is 112 Å². The van der Waals surface area contributed by atoms with E-state index in [1.807, 2.05) is 19.0 Å². The molecule has 0 radical (unpaired) electrons. The number of aromatic nitrogens is 2. The van der Waals surface area contributed by atoms with Crippen molar-refractivity contribution in [2.45, 2.75) is 44.7 Å². The zero-order valence-corrected chi connectivity index (χ0v) is 25.1. The number of anilines is 3. The van der Waals surface area contributed by atoms with Gasteiger partial charge in [-0.05, 0) is 58.5 Å². The lowest BCUT2D eigenvalue weighted by molar-refractivity contribution is -0.135. The largest absolute Gasteiger partial charge is 0.383 e. The van der Waals surface area contributed by atoms with Crippen LogP contribution >= 0.6 is 0 Å². The van der Waals surface area contributed by atoms with E-state index in [2.05, 4.69) is 37.8 Å². The molecule has 0 spiro atoms. The molecule has 0 unspecified atom stereocenters. The van der Waals surface area contributed by atoms with E-state index in [-0.39, 0.29) is 29.6 Å². The minimum Gasteiger partial charge on any atom is -0.383 e. The van der Waals surface area contributed by atoms with E-state index in [4.69, 9.17) is 4.74 Å². The van der Waals surface area contributed by atoms with E-state index in [1.54, 1.807) is 45.5 Å². The van der Waals surface area contributed by atoms with Gasteiger partial charge in [-0.3, -0.25) is 9.59 Å². The van der Waals surface area contributed by atoms with E-state index in [0.717, 1.165) is 25.7 Å². The van der Waals surface area contributed by atoms with Crippen LogP contribution in [-0.2, 0) is 14.3 Å². The van der Waals surface area contributed by atoms with Gasteiger partial charge in [-0.1, -0.05) is 30.4 Å². The summed E-state index contributed by atoms with van der Waals surface area (Å²) in [6, 6.07) is 5.47. The summed E-state index contributed by atoms with van der Waals surface area (Å²) >= 11 is 0. The standard InChI is InChI=1S/C31H42FN7O3/c1-22(39(4)28(40)13-8-17-38(2)3)30(41)35-26-11-6-9-23(19-26)14-15-24-21-34-31(37-29(24)33-16-18-42-5)36-27-12-7-10-25(32)20-27/h7-8,10,12-13,20-23,26H,6,9,11,16-19H2,1-5H3,(H,35,41)(H2,33,34,36,37)/t22-,23-,26-/m0/s1. The molecular weight excluding hydrogens is 537 g/mol. The average molecular weight is 580 g/mol. The highest BCUT2D eigenvalue weighted by Crippen LogP contribution is 2.25. The number of hydrogen-bond donors (Lipinski definition) is 3. The third-order valence-corrected chi connectivity index (χ3v) is 6.94. The molecule has 11 heteroatoms. The number of likely N-dealkylation sites (N-methyl/N-ethyl adjacent to an activating group) is 2. The summed E-state index contributed by atoms with van der Waals surface area (Å²) in [6.07, 6.45) is 8.38. The molecule has 1 aromatic heterocycles. The quantitative estimate of drug-likeness (QED) is 0.199. The number of methoxy groups -OCH3 is 1. The van der Waals surface area contributed by atoms with Crippen LogP contribution in [0.25, 0.3) is 0 Å². The summed E-state index contributed by atoms with van der Waals surface area (Å²) in [4.78, 5) is 37.7. The Hall–Kier alpha value is -4.01. The van der Waals surface area contributed by atoms with Crippen molar-refractivity contribution in [3.05, 3.63) is 54.0 Å². The van der Waals surface area contributed by atoms with E-state index >= 15 is 0 Å². The number of halogens is 1. The normalized spacial score (nSPS) is 17.3. The maximum Gasteiger partial charge on any atom is 0.246 e. The number of ether oxygens (including phenoxy) is 1. The van der Waals surface area contributed by atoms with Gasteiger partial charge < -0.3 is 30.5 Å². The number of carbonyl (C=O) groups is 2. The molecule has 1 aliphatic rings. The molecule has 42 heavy (non-hydrogen) atoms. The zero-order chi connectivity index (χ0) is 30.5. The highest BCUT2D eigenvalue weighted by atomic mass is 19.1. The summed E-state index contributed by atoms with van der Waals surface area (Å²) in [5, 5.41) is 9.37. The number of benzene rings is 1. The summed E-state index contributed by atoms with van der Waals surface area (Å²) in [5.41, 5.74) is 1.18. The molecule has 1 fully saturated rings. The van der Waals surface area contributed by atoms with Crippen LogP contribution in [0.2, 0.25) is 0 Å². The van der Waals surface area contributed by atoms with Crippen LogP contribution in [0, 0.1) is 23.6 Å². The molecule has 2 amide bonds. The van der Waals surface area contributed by atoms with Gasteiger partial charge >= 0.3 is 0 Å². The molecule has 0 aliphatic heterocycles. The van der Waals surface area contributed by atoms with Gasteiger partial charge in [0.25, 0.3) is 0 Å². The third kappa shape index (κ3) is 10.4. The van der Waals surface area contributed by atoms with Gasteiger partial charge in [-0.15, -0.1) is 0 Å². The van der Waals surface area contributed by atoms with Crippen molar-refractivity contribution in [1.29, 1.82) is 0 Å². The van der Waals surface area contributed by atoms with Crippen molar-refractivity contribution in [2.75, 3.05) is 58.6 Å². The van der Waals surface area contributed by atoms with Crippen LogP contribution in [0.3, 0.4) is 0 Å². The summed E-state index contributed by atoms with van der Waals surface area (Å²) in [6.45, 7) is 3.40. The van der Waals surface area contributed by atoms with E-state index in [0.29, 0.717) is 42.7 Å². The van der Waals surface area contributed by atoms with Crippen molar-refractivity contribution in [2.24, 2.45) is 5.92 Å². The van der Waals surface area contributed by atoms with Gasteiger partial charge in [0.05, 0.1) is 18.4 Å². The predicted octanol–water partition coefficient (Wildman–Crippen LogP) is 3.41. The fourth-order valence-electron chi connectivity index (χ4n) is 4.44. The minimum atomic E-state index is -0.592. The van der Waals surface area contributed by atoms with Crippen LogP contribution in [0.4, 0.5) is 21.8 Å². The first-order valence-corrected chi connectivity index (χ1v) is 14.2. The predicted molar refractivity (Wildman–Crippen MR) is 163 cm³/mol. The lowest BCUT2D eigenvalue weighted by atomic mass is 9.86. The smallest absolute Gasteiger partial charge is 0.246 e. The Labute approximate surface area is 248 Å². The summed E-state index contributed by atoms with van der Waals surface area (Å²) in [5.74, 6) is 6.79. The Morgan fingerprint density at radius 3 is 2.81 bits per heavy atom. The van der Waals surface area contributed by atoms with Crippen LogP contribution in [-0.4, -0.2) is 91.6 Å². The summed E-state index contributed by atoms with van der Waals surface area (Å²) in [7, 11) is 7.11. The second-order valence-electron chi connectivity index (χ2n) is 10.6. The Balaban J connectivity index is 1.64. The minimum absolute atomic E-state index is 0.0193. The van der Waals surface area contributed by atoms with Crippen LogP contribution in [0.5, 0.6) is 0 Å². The van der Waals surface area contributed by atoms with Crippen molar-refractivity contribution >= 4 is 29.3 Å². The molecule has 3 rings (SSSR count). The average Bonchev–Trinajstić information content (AvgIpc) is 2.96. The van der Waals surface area contributed by atoms with Gasteiger partial charge in [-0.2, -0.15) is 4.98 Å². The first-order chi connectivity index (χ1) is 20.2. The van der Waals surface area contributed by atoms with Gasteiger partial charge in [0.2, 0.25) is 17.8 Å². The molecular formula is C31H42FN7O3. The molecule has 0 saturated heterocycles. The Morgan fingerprint density at radius 2 is 2.07 bits per heavy atom. The number of rotatable bonds is 12. The first-order valence-electron chi connectivity index (χ1n) is 14.2. The summed E-state index contributed by atoms with van der Waals surface area (Å²) < 4.78 is 18.7. The molecule has 10 nitrogen and oxygen atoms in total. The fourth-order valence-corrected chi connectivity index (χ4v) is 4.44. The van der Waals surface area contributed by atoms with Gasteiger partial charge in [0.15, 0.2) is 0 Å². The van der Waals surface area contributed by atoms with Crippen LogP contribution in [0.15, 0.2) is 42.6 Å². The molecule has 3 N–H and O–H groups in total. The first kappa shape index (κ1) is 32.5. The van der Waals surface area contributed by atoms with Crippen LogP contribution in [0.1, 0.15) is 38.2 Å². The maximum absolute atomic E-state index is 13.6. The highest BCUT2D eigenvalue weighted by molar-refractivity contribution is 5.92. The number of hydrogen-bond acceptors (Lipinski definition) is 8. The fraction of sp³-hybridized carbons (Fsp3) is 0.484. The third-order valence-electron chi connectivity index (χ3n) is 6.94. The van der Waals surface area contributed by atoms with Gasteiger partial charge in [-0.25, -0.2) is 9.37 Å². The molecule has 0 bridgehead atoms. The number of amides is 2. The number of nitrogens with one attached hydrogen (secondary N) is 3. The van der Waals surface area contributed by atoms with E-state index in [1.165, 1.54) is 23.1 Å². The van der Waals surface area contributed by atoms with E-state index < -0.39 is 6.04 Å². The molecule has 3 atom stereocenters. The number of carbonyl (C=O) groups excluding carboxylic acids is 2. The molecule has 226 valence electrons. The number of nitrogens with zero attached hydrogens (tertiary/aromatic N) is 4. The van der Waals surface area contributed by atoms with Gasteiger partial charge in [0, 0.05) is 51.0 Å². The second kappa shape index (κ2) is 16.4. The molecule has 1 aromatic carbocycles. The van der Waals surface area contributed by atoms with Crippen molar-refractivity contribution < 1.29 is 18.7 Å². The molecule has 1 saturated carbocycles. The Bertz CT molecular complexity index is 1290. The lowest BCUT2D eigenvalue weighted by Gasteiger charge is -2.30. The molecule has 2 aromatic rings. The Kier molecular flexibility index (Phi) is 12.7. The zero-order valence-electron chi connectivity index (χ0n) is 25.1. The SMILES string of the molecule is COCCNc1nc(Nc2cccc(F)c2)ncc1C#C[C@@H]1CCC[C@H](NC(=O)[C@H](C)N(C)C(=O)C=CCN(C)C)C1. The molecule has 1 heterocycles. The van der Waals surface area contributed by atoms with E-state index in [9.17, 15) is 14.0 Å².